The number of hydrogen-bond donors (Lipinski definition) is 1. The van der Waals surface area contributed by atoms with Crippen molar-refractivity contribution in [3.8, 4) is 5.75 Å². The molecular formula is C18H29Cl2N3O2. The molecule has 5 nitrogen and oxygen atoms in total. The van der Waals surface area contributed by atoms with Crippen LogP contribution < -0.4 is 15.4 Å². The van der Waals surface area contributed by atoms with Crippen LogP contribution in [0.5, 0.6) is 5.75 Å². The average molecular weight is 390 g/mol. The highest BCUT2D eigenvalue weighted by atomic mass is 35.5. The number of hydrogen-bond acceptors (Lipinski definition) is 4. The number of carbonyl (C=O) groups excluding carboxylic acids is 1. The number of halogens is 2. The van der Waals surface area contributed by atoms with Crippen LogP contribution in [-0.4, -0.2) is 50.6 Å². The maximum Gasteiger partial charge on any atom is 0.230 e. The SMILES string of the molecule is COc1ccccc1N1CCN(C(=O)C2(CN)CCCC2)CC1.Cl.Cl. The maximum atomic E-state index is 12.9. The molecule has 0 aromatic heterocycles. The van der Waals surface area contributed by atoms with E-state index in [1.54, 1.807) is 7.11 Å². The Labute approximate surface area is 162 Å². The Kier molecular flexibility index (Phi) is 8.32. The van der Waals surface area contributed by atoms with Gasteiger partial charge in [-0.1, -0.05) is 25.0 Å². The third kappa shape index (κ3) is 4.33. The van der Waals surface area contributed by atoms with Crippen LogP contribution in [0.2, 0.25) is 0 Å². The molecule has 2 aliphatic rings. The minimum Gasteiger partial charge on any atom is -0.495 e. The average Bonchev–Trinajstić information content (AvgIpc) is 3.11. The first-order chi connectivity index (χ1) is 11.2. The molecule has 1 aliphatic heterocycles. The topological polar surface area (TPSA) is 58.8 Å². The first-order valence-electron chi connectivity index (χ1n) is 8.57. The summed E-state index contributed by atoms with van der Waals surface area (Å²) >= 11 is 0. The van der Waals surface area contributed by atoms with Gasteiger partial charge in [0.2, 0.25) is 5.91 Å². The van der Waals surface area contributed by atoms with Crippen LogP contribution in [0.1, 0.15) is 25.7 Å². The van der Waals surface area contributed by atoms with Crippen molar-refractivity contribution in [2.24, 2.45) is 11.1 Å². The summed E-state index contributed by atoms with van der Waals surface area (Å²) in [5.74, 6) is 1.17. The lowest BCUT2D eigenvalue weighted by Crippen LogP contribution is -2.54. The number of nitrogens with zero attached hydrogens (tertiary/aromatic N) is 2. The van der Waals surface area contributed by atoms with Crippen LogP contribution in [0, 0.1) is 5.41 Å². The zero-order valence-electron chi connectivity index (χ0n) is 14.8. The maximum absolute atomic E-state index is 12.9. The highest BCUT2D eigenvalue weighted by Crippen LogP contribution is 2.39. The van der Waals surface area contributed by atoms with E-state index in [1.807, 2.05) is 23.1 Å². The minimum atomic E-state index is -0.285. The van der Waals surface area contributed by atoms with Gasteiger partial charge in [-0.25, -0.2) is 0 Å². The standard InChI is InChI=1S/C18H27N3O2.2ClH/c1-23-16-7-3-2-6-15(16)20-10-12-21(13-11-20)17(22)18(14-19)8-4-5-9-18;;/h2-3,6-7H,4-5,8-14,19H2,1H3;2*1H. The molecule has 25 heavy (non-hydrogen) atoms. The van der Waals surface area contributed by atoms with Gasteiger partial charge in [0.25, 0.3) is 0 Å². The molecule has 1 aromatic rings. The molecule has 0 bridgehead atoms. The summed E-state index contributed by atoms with van der Waals surface area (Å²) in [5, 5.41) is 0. The van der Waals surface area contributed by atoms with Gasteiger partial charge in [-0.15, -0.1) is 24.8 Å². The lowest BCUT2D eigenvalue weighted by Gasteiger charge is -2.40. The number of rotatable bonds is 4. The lowest BCUT2D eigenvalue weighted by molar-refractivity contribution is -0.141. The fraction of sp³-hybridized carbons (Fsp3) is 0.611. The fourth-order valence-corrected chi connectivity index (χ4v) is 3.93. The molecule has 1 saturated carbocycles. The zero-order valence-corrected chi connectivity index (χ0v) is 16.4. The van der Waals surface area contributed by atoms with Gasteiger partial charge in [0, 0.05) is 32.7 Å². The molecule has 0 unspecified atom stereocenters. The quantitative estimate of drug-likeness (QED) is 0.859. The Balaban J connectivity index is 0.00000156. The number of nitrogens with two attached hydrogens (primary N) is 1. The van der Waals surface area contributed by atoms with E-state index < -0.39 is 0 Å². The van der Waals surface area contributed by atoms with Crippen LogP contribution >= 0.6 is 24.8 Å². The Morgan fingerprint density at radius 2 is 1.72 bits per heavy atom. The highest BCUT2D eigenvalue weighted by molar-refractivity contribution is 5.85. The second kappa shape index (κ2) is 9.51. The van der Waals surface area contributed by atoms with E-state index in [0.717, 1.165) is 63.3 Å². The number of para-hydroxylation sites is 2. The van der Waals surface area contributed by atoms with Gasteiger partial charge in [-0.05, 0) is 25.0 Å². The van der Waals surface area contributed by atoms with Gasteiger partial charge < -0.3 is 20.3 Å². The Hall–Kier alpha value is -1.17. The number of amides is 1. The van der Waals surface area contributed by atoms with Crippen LogP contribution in [0.4, 0.5) is 5.69 Å². The predicted octanol–water partition coefficient (Wildman–Crippen LogP) is 2.71. The molecular weight excluding hydrogens is 361 g/mol. The summed E-state index contributed by atoms with van der Waals surface area (Å²) in [4.78, 5) is 17.2. The van der Waals surface area contributed by atoms with Crippen molar-refractivity contribution in [1.29, 1.82) is 0 Å². The number of piperazine rings is 1. The van der Waals surface area contributed by atoms with E-state index in [1.165, 1.54) is 0 Å². The number of benzene rings is 1. The third-order valence-corrected chi connectivity index (χ3v) is 5.40. The van der Waals surface area contributed by atoms with Crippen LogP contribution in [0.25, 0.3) is 0 Å². The molecule has 142 valence electrons. The molecule has 1 aromatic carbocycles. The fourth-order valence-electron chi connectivity index (χ4n) is 3.93. The van der Waals surface area contributed by atoms with E-state index in [0.29, 0.717) is 6.54 Å². The summed E-state index contributed by atoms with van der Waals surface area (Å²) in [6, 6.07) is 8.06. The summed E-state index contributed by atoms with van der Waals surface area (Å²) in [7, 11) is 1.70. The molecule has 2 fully saturated rings. The third-order valence-electron chi connectivity index (χ3n) is 5.40. The first-order valence-corrected chi connectivity index (χ1v) is 8.57. The van der Waals surface area contributed by atoms with Crippen molar-refractivity contribution >= 4 is 36.4 Å². The molecule has 0 atom stereocenters. The highest BCUT2D eigenvalue weighted by Gasteiger charge is 2.42. The van der Waals surface area contributed by atoms with Crippen molar-refractivity contribution in [3.05, 3.63) is 24.3 Å². The van der Waals surface area contributed by atoms with Crippen LogP contribution in [0.3, 0.4) is 0 Å². The van der Waals surface area contributed by atoms with Crippen LogP contribution in [-0.2, 0) is 4.79 Å². The molecule has 1 aliphatic carbocycles. The normalized spacial score (nSPS) is 19.0. The van der Waals surface area contributed by atoms with Crippen molar-refractivity contribution in [2.45, 2.75) is 25.7 Å². The van der Waals surface area contributed by atoms with E-state index >= 15 is 0 Å². The second-order valence-electron chi connectivity index (χ2n) is 6.64. The number of anilines is 1. The molecule has 3 rings (SSSR count). The molecule has 7 heteroatoms. The largest absolute Gasteiger partial charge is 0.495 e. The monoisotopic (exact) mass is 389 g/mol. The lowest BCUT2D eigenvalue weighted by atomic mass is 9.84. The zero-order chi connectivity index (χ0) is 16.3. The Bertz CT molecular complexity index is 557. The van der Waals surface area contributed by atoms with Crippen LogP contribution in [0.15, 0.2) is 24.3 Å². The summed E-state index contributed by atoms with van der Waals surface area (Å²) in [6.07, 6.45) is 4.17. The molecule has 0 spiro atoms. The summed E-state index contributed by atoms with van der Waals surface area (Å²) in [5.41, 5.74) is 6.78. The van der Waals surface area contributed by atoms with Crippen molar-refractivity contribution in [1.82, 2.24) is 4.90 Å². The van der Waals surface area contributed by atoms with E-state index in [-0.39, 0.29) is 36.1 Å². The summed E-state index contributed by atoms with van der Waals surface area (Å²) < 4.78 is 5.45. The molecule has 1 saturated heterocycles. The van der Waals surface area contributed by atoms with E-state index in [9.17, 15) is 4.79 Å². The Morgan fingerprint density at radius 3 is 2.28 bits per heavy atom. The smallest absolute Gasteiger partial charge is 0.230 e. The van der Waals surface area contributed by atoms with Gasteiger partial charge in [0.15, 0.2) is 0 Å². The predicted molar refractivity (Wildman–Crippen MR) is 106 cm³/mol. The number of carbonyl (C=O) groups is 1. The molecule has 2 N–H and O–H groups in total. The molecule has 0 radical (unpaired) electrons. The van der Waals surface area contributed by atoms with Gasteiger partial charge in [0.05, 0.1) is 18.2 Å². The second-order valence-corrected chi connectivity index (χ2v) is 6.64. The van der Waals surface area contributed by atoms with Crippen molar-refractivity contribution in [2.75, 3.05) is 44.7 Å². The number of ether oxygens (including phenoxy) is 1. The van der Waals surface area contributed by atoms with Gasteiger partial charge in [0.1, 0.15) is 5.75 Å². The number of methoxy groups -OCH3 is 1. The van der Waals surface area contributed by atoms with Crippen molar-refractivity contribution < 1.29 is 9.53 Å². The van der Waals surface area contributed by atoms with Gasteiger partial charge >= 0.3 is 0 Å². The first kappa shape index (κ1) is 21.9. The van der Waals surface area contributed by atoms with Crippen molar-refractivity contribution in [3.63, 3.8) is 0 Å². The van der Waals surface area contributed by atoms with E-state index in [2.05, 4.69) is 11.0 Å². The molecule has 1 amide bonds. The minimum absolute atomic E-state index is 0. The van der Waals surface area contributed by atoms with Gasteiger partial charge in [-0.2, -0.15) is 0 Å². The molecule has 1 heterocycles. The Morgan fingerprint density at radius 1 is 1.12 bits per heavy atom. The van der Waals surface area contributed by atoms with Gasteiger partial charge in [-0.3, -0.25) is 4.79 Å². The summed E-state index contributed by atoms with van der Waals surface area (Å²) in [6.45, 7) is 3.69. The van der Waals surface area contributed by atoms with E-state index in [4.69, 9.17) is 10.5 Å².